The van der Waals surface area contributed by atoms with Crippen LogP contribution in [0.3, 0.4) is 0 Å². The van der Waals surface area contributed by atoms with E-state index in [1.807, 2.05) is 0 Å². The summed E-state index contributed by atoms with van der Waals surface area (Å²) in [5.41, 5.74) is 0. The smallest absolute Gasteiger partial charge is 0.223 e. The minimum atomic E-state index is 0.288. The highest BCUT2D eigenvalue weighted by molar-refractivity contribution is 5.79. The summed E-state index contributed by atoms with van der Waals surface area (Å²) in [5.74, 6) is 1.42. The Labute approximate surface area is 105 Å². The predicted molar refractivity (Wildman–Crippen MR) is 69.8 cm³/mol. The Morgan fingerprint density at radius 1 is 1.12 bits per heavy atom. The molecule has 3 heteroatoms. The summed E-state index contributed by atoms with van der Waals surface area (Å²) >= 11 is 0. The molecule has 2 rings (SSSR count). The van der Waals surface area contributed by atoms with Crippen molar-refractivity contribution in [3.8, 4) is 0 Å². The van der Waals surface area contributed by atoms with Crippen LogP contribution in [0.1, 0.15) is 52.4 Å². The summed E-state index contributed by atoms with van der Waals surface area (Å²) < 4.78 is 0. The molecule has 0 radical (unpaired) electrons. The van der Waals surface area contributed by atoms with E-state index in [1.54, 1.807) is 0 Å². The van der Waals surface area contributed by atoms with Crippen LogP contribution >= 0.6 is 0 Å². The fraction of sp³-hybridized carbons (Fsp3) is 0.929. The molecule has 1 aliphatic heterocycles. The molecule has 0 bridgehead atoms. The maximum absolute atomic E-state index is 12.1. The summed E-state index contributed by atoms with van der Waals surface area (Å²) in [6.45, 7) is 5.52. The van der Waals surface area contributed by atoms with Crippen molar-refractivity contribution >= 4 is 5.91 Å². The van der Waals surface area contributed by atoms with Crippen LogP contribution in [0.15, 0.2) is 0 Å². The second kappa shape index (κ2) is 5.85. The van der Waals surface area contributed by atoms with E-state index in [9.17, 15) is 4.79 Å². The molecular weight excluding hydrogens is 212 g/mol. The first-order valence-electron chi connectivity index (χ1n) is 7.19. The molecule has 0 aromatic carbocycles. The maximum Gasteiger partial charge on any atom is 0.223 e. The highest BCUT2D eigenvalue weighted by Gasteiger charge is 2.27. The average molecular weight is 238 g/mol. The Kier molecular flexibility index (Phi) is 4.43. The zero-order chi connectivity index (χ0) is 12.3. The topological polar surface area (TPSA) is 41.1 Å². The fourth-order valence-electron chi connectivity index (χ4n) is 3.10. The van der Waals surface area contributed by atoms with Gasteiger partial charge in [0.05, 0.1) is 0 Å². The van der Waals surface area contributed by atoms with E-state index in [0.717, 1.165) is 38.1 Å². The highest BCUT2D eigenvalue weighted by atomic mass is 16.1. The number of amides is 1. The molecule has 1 aliphatic carbocycles. The largest absolute Gasteiger partial charge is 0.353 e. The molecule has 0 aromatic rings. The lowest BCUT2D eigenvalue weighted by molar-refractivity contribution is -0.127. The van der Waals surface area contributed by atoms with Crippen LogP contribution in [0, 0.1) is 11.8 Å². The van der Waals surface area contributed by atoms with Gasteiger partial charge in [0, 0.05) is 18.0 Å². The van der Waals surface area contributed by atoms with Gasteiger partial charge in [0.1, 0.15) is 0 Å². The standard InChI is InChI=1S/C14H26N2O/c1-10-3-5-12(6-4-10)14(17)16-13-7-8-15-11(2)9-13/h10-13,15H,3-9H2,1-2H3,(H,16,17). The number of piperidine rings is 1. The molecule has 3 nitrogen and oxygen atoms in total. The van der Waals surface area contributed by atoms with Gasteiger partial charge in [-0.05, 0) is 57.9 Å². The summed E-state index contributed by atoms with van der Waals surface area (Å²) in [4.78, 5) is 12.1. The first-order valence-corrected chi connectivity index (χ1v) is 7.19. The van der Waals surface area contributed by atoms with Gasteiger partial charge in [0.2, 0.25) is 5.91 Å². The van der Waals surface area contributed by atoms with E-state index in [0.29, 0.717) is 18.0 Å². The molecule has 2 aliphatic rings. The second-order valence-corrected chi connectivity index (χ2v) is 6.04. The zero-order valence-corrected chi connectivity index (χ0v) is 11.2. The molecule has 0 aromatic heterocycles. The number of carbonyl (C=O) groups excluding carboxylic acids is 1. The van der Waals surface area contributed by atoms with Crippen LogP contribution in [0.2, 0.25) is 0 Å². The lowest BCUT2D eigenvalue weighted by Crippen LogP contribution is -2.48. The van der Waals surface area contributed by atoms with Crippen LogP contribution in [0.25, 0.3) is 0 Å². The van der Waals surface area contributed by atoms with Crippen molar-refractivity contribution in [1.29, 1.82) is 0 Å². The Balaban J connectivity index is 1.76. The lowest BCUT2D eigenvalue weighted by atomic mass is 9.82. The Morgan fingerprint density at radius 3 is 2.47 bits per heavy atom. The summed E-state index contributed by atoms with van der Waals surface area (Å²) in [5, 5.41) is 6.67. The van der Waals surface area contributed by atoms with Crippen molar-refractivity contribution in [3.63, 3.8) is 0 Å². The van der Waals surface area contributed by atoms with Gasteiger partial charge in [-0.3, -0.25) is 4.79 Å². The van der Waals surface area contributed by atoms with Crippen LogP contribution < -0.4 is 10.6 Å². The molecule has 2 unspecified atom stereocenters. The van der Waals surface area contributed by atoms with Crippen molar-refractivity contribution < 1.29 is 4.79 Å². The predicted octanol–water partition coefficient (Wildman–Crippen LogP) is 2.07. The average Bonchev–Trinajstić information content (AvgIpc) is 2.29. The third-order valence-corrected chi connectivity index (χ3v) is 4.36. The molecule has 2 fully saturated rings. The number of nitrogens with one attached hydrogen (secondary N) is 2. The summed E-state index contributed by atoms with van der Waals surface area (Å²) in [6, 6.07) is 0.943. The minimum Gasteiger partial charge on any atom is -0.353 e. The van der Waals surface area contributed by atoms with Gasteiger partial charge < -0.3 is 10.6 Å². The minimum absolute atomic E-state index is 0.288. The van der Waals surface area contributed by atoms with E-state index < -0.39 is 0 Å². The van der Waals surface area contributed by atoms with Gasteiger partial charge in [0.15, 0.2) is 0 Å². The van der Waals surface area contributed by atoms with Gasteiger partial charge in [0.25, 0.3) is 0 Å². The molecule has 98 valence electrons. The molecule has 2 N–H and O–H groups in total. The lowest BCUT2D eigenvalue weighted by Gasteiger charge is -2.31. The van der Waals surface area contributed by atoms with Gasteiger partial charge in [-0.25, -0.2) is 0 Å². The maximum atomic E-state index is 12.1. The van der Waals surface area contributed by atoms with Crippen LogP contribution in [-0.2, 0) is 4.79 Å². The third kappa shape index (κ3) is 3.70. The van der Waals surface area contributed by atoms with Gasteiger partial charge in [-0.2, -0.15) is 0 Å². The highest BCUT2D eigenvalue weighted by Crippen LogP contribution is 2.28. The Morgan fingerprint density at radius 2 is 1.82 bits per heavy atom. The van der Waals surface area contributed by atoms with Crippen molar-refractivity contribution in [1.82, 2.24) is 10.6 Å². The molecule has 17 heavy (non-hydrogen) atoms. The normalized spacial score (nSPS) is 38.7. The van der Waals surface area contributed by atoms with Crippen LogP contribution in [0.4, 0.5) is 0 Å². The summed E-state index contributed by atoms with van der Waals surface area (Å²) in [6.07, 6.45) is 6.79. The fourth-order valence-corrected chi connectivity index (χ4v) is 3.10. The number of carbonyl (C=O) groups is 1. The van der Waals surface area contributed by atoms with Gasteiger partial charge in [-0.1, -0.05) is 6.92 Å². The van der Waals surface area contributed by atoms with Crippen LogP contribution in [-0.4, -0.2) is 24.5 Å². The molecule has 1 saturated heterocycles. The van der Waals surface area contributed by atoms with Gasteiger partial charge in [-0.15, -0.1) is 0 Å². The monoisotopic (exact) mass is 238 g/mol. The summed E-state index contributed by atoms with van der Waals surface area (Å²) in [7, 11) is 0. The van der Waals surface area contributed by atoms with Crippen molar-refractivity contribution in [2.24, 2.45) is 11.8 Å². The van der Waals surface area contributed by atoms with Crippen molar-refractivity contribution in [2.45, 2.75) is 64.5 Å². The quantitative estimate of drug-likeness (QED) is 0.773. The van der Waals surface area contributed by atoms with E-state index in [1.165, 1.54) is 12.8 Å². The van der Waals surface area contributed by atoms with E-state index in [4.69, 9.17) is 0 Å². The first kappa shape index (κ1) is 12.9. The molecule has 2 atom stereocenters. The third-order valence-electron chi connectivity index (χ3n) is 4.36. The SMILES string of the molecule is CC1CCC(C(=O)NC2CCNC(C)C2)CC1. The first-order chi connectivity index (χ1) is 8.15. The Hall–Kier alpha value is -0.570. The molecule has 1 heterocycles. The molecular formula is C14H26N2O. The number of hydrogen-bond donors (Lipinski definition) is 2. The molecule has 1 amide bonds. The van der Waals surface area contributed by atoms with E-state index >= 15 is 0 Å². The van der Waals surface area contributed by atoms with Crippen molar-refractivity contribution in [3.05, 3.63) is 0 Å². The Bertz CT molecular complexity index is 259. The van der Waals surface area contributed by atoms with E-state index in [-0.39, 0.29) is 5.92 Å². The second-order valence-electron chi connectivity index (χ2n) is 6.04. The number of rotatable bonds is 2. The molecule has 1 saturated carbocycles. The van der Waals surface area contributed by atoms with E-state index in [2.05, 4.69) is 24.5 Å². The van der Waals surface area contributed by atoms with Crippen molar-refractivity contribution in [2.75, 3.05) is 6.54 Å². The number of hydrogen-bond acceptors (Lipinski definition) is 2. The van der Waals surface area contributed by atoms with Crippen LogP contribution in [0.5, 0.6) is 0 Å². The zero-order valence-electron chi connectivity index (χ0n) is 11.2. The molecule has 0 spiro atoms. The van der Waals surface area contributed by atoms with Gasteiger partial charge >= 0.3 is 0 Å².